The molecule has 4 aromatic rings. The SMILES string of the molecule is COc1c(I)cc(I)cc1/C=N\NC(=O)Cn1c(-c2nonc2N)nc2ccccc21. The maximum atomic E-state index is 12.6. The number of hydrazone groups is 1. The average Bonchev–Trinajstić information content (AvgIpc) is 3.31. The molecule has 0 spiro atoms. The van der Waals surface area contributed by atoms with Crippen LogP contribution in [-0.2, 0) is 11.3 Å². The third-order valence-corrected chi connectivity index (χ3v) is 5.74. The second-order valence-electron chi connectivity index (χ2n) is 6.31. The number of nitrogens with one attached hydrogen (secondary N) is 1. The fourth-order valence-corrected chi connectivity index (χ4v) is 5.12. The van der Waals surface area contributed by atoms with Crippen LogP contribution in [0.3, 0.4) is 0 Å². The second kappa shape index (κ2) is 9.17. The van der Waals surface area contributed by atoms with Crippen LogP contribution in [0.25, 0.3) is 22.6 Å². The zero-order valence-electron chi connectivity index (χ0n) is 16.0. The molecule has 0 saturated carbocycles. The fraction of sp³-hybridized carbons (Fsp3) is 0.105. The number of aromatic nitrogens is 4. The van der Waals surface area contributed by atoms with E-state index in [2.05, 4.69) is 71.0 Å². The summed E-state index contributed by atoms with van der Waals surface area (Å²) < 4.78 is 13.8. The van der Waals surface area contributed by atoms with Crippen molar-refractivity contribution in [3.05, 3.63) is 49.1 Å². The van der Waals surface area contributed by atoms with Crippen LogP contribution in [0.15, 0.2) is 46.1 Å². The number of anilines is 1. The Bertz CT molecular complexity index is 1300. The Morgan fingerprint density at radius 2 is 2.13 bits per heavy atom. The molecule has 0 saturated heterocycles. The Labute approximate surface area is 203 Å². The largest absolute Gasteiger partial charge is 0.495 e. The van der Waals surface area contributed by atoms with E-state index < -0.39 is 0 Å². The molecule has 2 aromatic heterocycles. The van der Waals surface area contributed by atoms with Crippen molar-refractivity contribution < 1.29 is 14.2 Å². The van der Waals surface area contributed by atoms with Crippen LogP contribution in [0.4, 0.5) is 5.82 Å². The summed E-state index contributed by atoms with van der Waals surface area (Å²) in [6, 6.07) is 11.3. The van der Waals surface area contributed by atoms with Crippen molar-refractivity contribution in [2.24, 2.45) is 5.10 Å². The number of nitrogens with two attached hydrogens (primary N) is 1. The van der Waals surface area contributed by atoms with Crippen LogP contribution in [0.5, 0.6) is 5.75 Å². The number of ether oxygens (including phenoxy) is 1. The maximum Gasteiger partial charge on any atom is 0.260 e. The molecule has 158 valence electrons. The van der Waals surface area contributed by atoms with Crippen LogP contribution in [0.1, 0.15) is 5.56 Å². The topological polar surface area (TPSA) is 133 Å². The molecule has 0 aliphatic rings. The van der Waals surface area contributed by atoms with E-state index in [9.17, 15) is 4.79 Å². The van der Waals surface area contributed by atoms with Gasteiger partial charge < -0.3 is 15.0 Å². The minimum atomic E-state index is -0.352. The van der Waals surface area contributed by atoms with Gasteiger partial charge in [0.2, 0.25) is 0 Å². The van der Waals surface area contributed by atoms with Gasteiger partial charge in [-0.25, -0.2) is 15.0 Å². The summed E-state index contributed by atoms with van der Waals surface area (Å²) in [5.74, 6) is 0.814. The Morgan fingerprint density at radius 1 is 1.32 bits per heavy atom. The lowest BCUT2D eigenvalue weighted by Crippen LogP contribution is -2.23. The van der Waals surface area contributed by atoms with Crippen LogP contribution >= 0.6 is 45.2 Å². The first-order valence-electron chi connectivity index (χ1n) is 8.86. The van der Waals surface area contributed by atoms with E-state index in [1.165, 1.54) is 0 Å². The van der Waals surface area contributed by atoms with Gasteiger partial charge in [0.1, 0.15) is 12.3 Å². The van der Waals surface area contributed by atoms with E-state index in [0.717, 1.165) is 18.2 Å². The molecule has 0 radical (unpaired) electrons. The maximum absolute atomic E-state index is 12.6. The number of nitrogens with zero attached hydrogens (tertiary/aromatic N) is 5. The minimum Gasteiger partial charge on any atom is -0.495 e. The molecule has 31 heavy (non-hydrogen) atoms. The molecule has 2 aromatic carbocycles. The van der Waals surface area contributed by atoms with Gasteiger partial charge in [-0.05, 0) is 79.8 Å². The molecular formula is C19H15I2N7O3. The quantitative estimate of drug-likeness (QED) is 0.188. The molecule has 0 bridgehead atoms. The summed E-state index contributed by atoms with van der Waals surface area (Å²) in [5.41, 5.74) is 10.8. The van der Waals surface area contributed by atoms with Gasteiger partial charge in [-0.15, -0.1) is 0 Å². The van der Waals surface area contributed by atoms with Crippen molar-refractivity contribution in [3.8, 4) is 17.3 Å². The molecule has 4 rings (SSSR count). The van der Waals surface area contributed by atoms with E-state index in [0.29, 0.717) is 17.1 Å². The van der Waals surface area contributed by atoms with Crippen LogP contribution in [0.2, 0.25) is 0 Å². The number of fused-ring (bicyclic) bond motifs is 1. The van der Waals surface area contributed by atoms with E-state index in [4.69, 9.17) is 15.1 Å². The summed E-state index contributed by atoms with van der Waals surface area (Å²) in [7, 11) is 1.59. The van der Waals surface area contributed by atoms with Crippen LogP contribution in [0, 0.1) is 7.14 Å². The highest BCUT2D eigenvalue weighted by Crippen LogP contribution is 2.27. The van der Waals surface area contributed by atoms with E-state index in [1.807, 2.05) is 36.4 Å². The molecule has 12 heteroatoms. The van der Waals surface area contributed by atoms with Gasteiger partial charge in [-0.1, -0.05) is 12.1 Å². The molecule has 0 fully saturated rings. The summed E-state index contributed by atoms with van der Waals surface area (Å²) in [6.07, 6.45) is 1.55. The number of nitrogen functional groups attached to an aromatic ring is 1. The lowest BCUT2D eigenvalue weighted by Gasteiger charge is -2.08. The molecule has 0 atom stereocenters. The third kappa shape index (κ3) is 4.48. The number of carbonyl (C=O) groups is 1. The molecule has 10 nitrogen and oxygen atoms in total. The highest BCUT2D eigenvalue weighted by Gasteiger charge is 2.20. The molecule has 3 N–H and O–H groups in total. The van der Waals surface area contributed by atoms with Crippen molar-refractivity contribution in [1.29, 1.82) is 0 Å². The summed E-state index contributed by atoms with van der Waals surface area (Å²) in [5, 5.41) is 11.5. The van der Waals surface area contributed by atoms with Gasteiger partial charge >= 0.3 is 0 Å². The van der Waals surface area contributed by atoms with Gasteiger partial charge in [0.15, 0.2) is 17.3 Å². The van der Waals surface area contributed by atoms with Crippen molar-refractivity contribution in [1.82, 2.24) is 25.3 Å². The fourth-order valence-electron chi connectivity index (χ4n) is 3.01. The number of para-hydroxylation sites is 2. The van der Waals surface area contributed by atoms with Gasteiger partial charge in [-0.2, -0.15) is 5.10 Å². The molecule has 0 unspecified atom stereocenters. The summed E-state index contributed by atoms with van der Waals surface area (Å²) in [6.45, 7) is -0.0551. The Hall–Kier alpha value is -2.75. The number of hydrogen-bond donors (Lipinski definition) is 2. The number of rotatable bonds is 6. The van der Waals surface area contributed by atoms with Crippen molar-refractivity contribution >= 4 is 74.2 Å². The highest BCUT2D eigenvalue weighted by molar-refractivity contribution is 14.1. The number of halogens is 2. The molecular weight excluding hydrogens is 628 g/mol. The first-order chi connectivity index (χ1) is 15.0. The van der Waals surface area contributed by atoms with Crippen molar-refractivity contribution in [2.75, 3.05) is 12.8 Å². The Morgan fingerprint density at radius 3 is 2.87 bits per heavy atom. The smallest absolute Gasteiger partial charge is 0.260 e. The first-order valence-corrected chi connectivity index (χ1v) is 11.0. The standard InChI is InChI=1S/C19H15I2N7O3/c1-30-17-10(6-11(20)7-12(17)21)8-23-25-15(29)9-28-14-5-3-2-4-13(14)24-19(28)16-18(22)27-31-26-16/h2-8H,9H2,1H3,(H2,22,27)(H,25,29)/b23-8-. The van der Waals surface area contributed by atoms with Gasteiger partial charge in [0.25, 0.3) is 5.91 Å². The monoisotopic (exact) mass is 643 g/mol. The highest BCUT2D eigenvalue weighted by atomic mass is 127. The molecule has 2 heterocycles. The van der Waals surface area contributed by atoms with E-state index in [1.54, 1.807) is 17.9 Å². The minimum absolute atomic E-state index is 0.0551. The average molecular weight is 643 g/mol. The van der Waals surface area contributed by atoms with Crippen LogP contribution in [-0.4, -0.2) is 39.1 Å². The van der Waals surface area contributed by atoms with E-state index in [-0.39, 0.29) is 24.0 Å². The normalized spacial score (nSPS) is 11.3. The van der Waals surface area contributed by atoms with Crippen LogP contribution < -0.4 is 15.9 Å². The van der Waals surface area contributed by atoms with Gasteiger partial charge in [-0.3, -0.25) is 4.79 Å². The van der Waals surface area contributed by atoms with Gasteiger partial charge in [0, 0.05) is 9.13 Å². The first kappa shape index (κ1) is 21.5. The lowest BCUT2D eigenvalue weighted by atomic mass is 10.2. The summed E-state index contributed by atoms with van der Waals surface area (Å²) in [4.78, 5) is 17.2. The number of imidazole rings is 1. The number of benzene rings is 2. The predicted molar refractivity (Wildman–Crippen MR) is 132 cm³/mol. The predicted octanol–water partition coefficient (Wildman–Crippen LogP) is 3.04. The zero-order valence-corrected chi connectivity index (χ0v) is 20.4. The Kier molecular flexibility index (Phi) is 6.35. The second-order valence-corrected chi connectivity index (χ2v) is 8.72. The number of carbonyl (C=O) groups excluding carboxylic acids is 1. The lowest BCUT2D eigenvalue weighted by molar-refractivity contribution is -0.121. The van der Waals surface area contributed by atoms with Crippen molar-refractivity contribution in [3.63, 3.8) is 0 Å². The number of methoxy groups -OCH3 is 1. The molecule has 0 aliphatic heterocycles. The molecule has 1 amide bonds. The number of amides is 1. The molecule has 0 aliphatic carbocycles. The van der Waals surface area contributed by atoms with Gasteiger partial charge in [0.05, 0.1) is 27.9 Å². The number of hydrogen-bond acceptors (Lipinski definition) is 8. The van der Waals surface area contributed by atoms with Crippen molar-refractivity contribution in [2.45, 2.75) is 6.54 Å². The zero-order chi connectivity index (χ0) is 22.0. The van der Waals surface area contributed by atoms with E-state index >= 15 is 0 Å². The Balaban J connectivity index is 1.59. The third-order valence-electron chi connectivity index (χ3n) is 4.32. The summed E-state index contributed by atoms with van der Waals surface area (Å²) >= 11 is 4.41.